The average molecular weight is 437 g/mol. The van der Waals surface area contributed by atoms with Gasteiger partial charge in [-0.15, -0.1) is 11.3 Å². The molecule has 0 aliphatic heterocycles. The minimum absolute atomic E-state index is 0.202. The minimum atomic E-state index is -0.867. The van der Waals surface area contributed by atoms with Crippen LogP contribution in [0, 0.1) is 28.3 Å². The molecule has 1 heterocycles. The standard InChI is InChI=1S/C19H20FN3O6S/c1-10-7-15(22-18(26)19(2,3)4)30-16(10)17(25)29-9-14(24)21-13-8-11(23(27)28)5-6-12(13)20/h5-8H,9H2,1-4H3,(H,21,24)(H,22,26). The van der Waals surface area contributed by atoms with Gasteiger partial charge in [0.2, 0.25) is 5.91 Å². The number of hydrogen-bond donors (Lipinski definition) is 2. The van der Waals surface area contributed by atoms with Crippen LogP contribution in [-0.4, -0.2) is 29.3 Å². The van der Waals surface area contributed by atoms with Crippen molar-refractivity contribution in [2.45, 2.75) is 27.7 Å². The Morgan fingerprint density at radius 1 is 1.20 bits per heavy atom. The smallest absolute Gasteiger partial charge is 0.349 e. The Morgan fingerprint density at radius 2 is 1.87 bits per heavy atom. The van der Waals surface area contributed by atoms with Gasteiger partial charge in [0.15, 0.2) is 6.61 Å². The lowest BCUT2D eigenvalue weighted by molar-refractivity contribution is -0.384. The molecule has 0 aliphatic carbocycles. The Hall–Kier alpha value is -3.34. The fourth-order valence-corrected chi connectivity index (χ4v) is 3.11. The Labute approximate surface area is 175 Å². The van der Waals surface area contributed by atoms with Crippen LogP contribution in [-0.2, 0) is 14.3 Å². The van der Waals surface area contributed by atoms with E-state index in [1.165, 1.54) is 0 Å². The summed E-state index contributed by atoms with van der Waals surface area (Å²) in [6, 6.07) is 4.29. The van der Waals surface area contributed by atoms with Crippen molar-refractivity contribution in [1.82, 2.24) is 0 Å². The molecule has 0 saturated carbocycles. The predicted octanol–water partition coefficient (Wildman–Crippen LogP) is 3.88. The molecule has 2 N–H and O–H groups in total. The lowest BCUT2D eigenvalue weighted by Crippen LogP contribution is -2.27. The third kappa shape index (κ3) is 5.83. The van der Waals surface area contributed by atoms with Gasteiger partial charge < -0.3 is 15.4 Å². The van der Waals surface area contributed by atoms with Gasteiger partial charge >= 0.3 is 5.97 Å². The molecule has 0 radical (unpaired) electrons. The number of carbonyl (C=O) groups excluding carboxylic acids is 3. The molecule has 2 amide bonds. The quantitative estimate of drug-likeness (QED) is 0.401. The molecular formula is C19H20FN3O6S. The highest BCUT2D eigenvalue weighted by atomic mass is 32.1. The molecule has 0 unspecified atom stereocenters. The number of aryl methyl sites for hydroxylation is 1. The van der Waals surface area contributed by atoms with Gasteiger partial charge in [0, 0.05) is 17.5 Å². The molecule has 0 fully saturated rings. The summed E-state index contributed by atoms with van der Waals surface area (Å²) in [5.74, 6) is -2.74. The van der Waals surface area contributed by atoms with Crippen molar-refractivity contribution >= 4 is 45.5 Å². The van der Waals surface area contributed by atoms with Gasteiger partial charge in [0.05, 0.1) is 15.6 Å². The zero-order valence-electron chi connectivity index (χ0n) is 16.7. The van der Waals surface area contributed by atoms with E-state index < -0.39 is 46.0 Å². The molecular weight excluding hydrogens is 417 g/mol. The molecule has 0 spiro atoms. The Kier molecular flexibility index (Phi) is 6.88. The monoisotopic (exact) mass is 437 g/mol. The first kappa shape index (κ1) is 22.9. The number of carbonyl (C=O) groups is 3. The van der Waals surface area contributed by atoms with Crippen LogP contribution in [0.3, 0.4) is 0 Å². The van der Waals surface area contributed by atoms with Crippen LogP contribution in [0.5, 0.6) is 0 Å². The van der Waals surface area contributed by atoms with E-state index in [4.69, 9.17) is 4.74 Å². The van der Waals surface area contributed by atoms with E-state index in [0.29, 0.717) is 10.6 Å². The van der Waals surface area contributed by atoms with Gasteiger partial charge in [-0.1, -0.05) is 20.8 Å². The van der Waals surface area contributed by atoms with Gasteiger partial charge in [-0.25, -0.2) is 9.18 Å². The summed E-state index contributed by atoms with van der Waals surface area (Å²) >= 11 is 1.00. The average Bonchev–Trinajstić information content (AvgIpc) is 3.00. The summed E-state index contributed by atoms with van der Waals surface area (Å²) in [6.45, 7) is 6.18. The van der Waals surface area contributed by atoms with Gasteiger partial charge in [-0.05, 0) is 24.6 Å². The molecule has 0 saturated heterocycles. The number of nitro benzene ring substituents is 1. The number of non-ortho nitro benzene ring substituents is 1. The van der Waals surface area contributed by atoms with Gasteiger partial charge in [-0.3, -0.25) is 19.7 Å². The highest BCUT2D eigenvalue weighted by molar-refractivity contribution is 7.18. The maximum absolute atomic E-state index is 13.7. The maximum Gasteiger partial charge on any atom is 0.349 e. The van der Waals surface area contributed by atoms with E-state index in [-0.39, 0.29) is 10.8 Å². The predicted molar refractivity (Wildman–Crippen MR) is 109 cm³/mol. The van der Waals surface area contributed by atoms with Crippen molar-refractivity contribution < 1.29 is 28.4 Å². The summed E-state index contributed by atoms with van der Waals surface area (Å²) in [5.41, 5.74) is -0.856. The number of rotatable bonds is 6. The van der Waals surface area contributed by atoms with Gasteiger partial charge in [0.1, 0.15) is 10.7 Å². The van der Waals surface area contributed by atoms with Crippen LogP contribution < -0.4 is 10.6 Å². The van der Waals surface area contributed by atoms with Crippen LogP contribution in [0.2, 0.25) is 0 Å². The normalized spacial score (nSPS) is 11.0. The first-order chi connectivity index (χ1) is 13.9. The van der Waals surface area contributed by atoms with Gasteiger partial charge in [0.25, 0.3) is 11.6 Å². The molecule has 160 valence electrons. The first-order valence-corrected chi connectivity index (χ1v) is 9.53. The second kappa shape index (κ2) is 8.99. The van der Waals surface area contributed by atoms with Crippen molar-refractivity contribution in [2.75, 3.05) is 17.2 Å². The highest BCUT2D eigenvalue weighted by Gasteiger charge is 2.23. The van der Waals surface area contributed by atoms with Crippen LogP contribution in [0.15, 0.2) is 24.3 Å². The SMILES string of the molecule is Cc1cc(NC(=O)C(C)(C)C)sc1C(=O)OCC(=O)Nc1cc([N+](=O)[O-])ccc1F. The fraction of sp³-hybridized carbons (Fsp3) is 0.316. The molecule has 30 heavy (non-hydrogen) atoms. The molecule has 2 aromatic rings. The number of nitrogens with zero attached hydrogens (tertiary/aromatic N) is 1. The van der Waals surface area contributed by atoms with E-state index in [2.05, 4.69) is 10.6 Å². The molecule has 0 atom stereocenters. The van der Waals surface area contributed by atoms with Crippen LogP contribution in [0.25, 0.3) is 0 Å². The van der Waals surface area contributed by atoms with Crippen molar-refractivity contribution in [1.29, 1.82) is 0 Å². The molecule has 11 heteroatoms. The van der Waals surface area contributed by atoms with Crippen LogP contribution in [0.4, 0.5) is 20.8 Å². The van der Waals surface area contributed by atoms with E-state index in [9.17, 15) is 28.9 Å². The van der Waals surface area contributed by atoms with Crippen LogP contribution in [0.1, 0.15) is 36.0 Å². The summed E-state index contributed by atoms with van der Waals surface area (Å²) in [5, 5.41) is 16.1. The first-order valence-electron chi connectivity index (χ1n) is 8.71. The zero-order valence-corrected chi connectivity index (χ0v) is 17.5. The topological polar surface area (TPSA) is 128 Å². The second-order valence-corrected chi connectivity index (χ2v) is 8.42. The number of nitrogens with one attached hydrogen (secondary N) is 2. The number of amides is 2. The molecule has 2 rings (SSSR count). The minimum Gasteiger partial charge on any atom is -0.451 e. The largest absolute Gasteiger partial charge is 0.451 e. The number of benzene rings is 1. The summed E-state index contributed by atoms with van der Waals surface area (Å²) in [6.07, 6.45) is 0. The summed E-state index contributed by atoms with van der Waals surface area (Å²) in [7, 11) is 0. The van der Waals surface area contributed by atoms with Crippen LogP contribution >= 0.6 is 11.3 Å². The van der Waals surface area contributed by atoms with E-state index >= 15 is 0 Å². The van der Waals surface area contributed by atoms with Crippen molar-refractivity contribution in [3.8, 4) is 0 Å². The number of hydrogen-bond acceptors (Lipinski definition) is 7. The lowest BCUT2D eigenvalue weighted by Gasteiger charge is -2.16. The summed E-state index contributed by atoms with van der Waals surface area (Å²) in [4.78, 5) is 46.5. The van der Waals surface area contributed by atoms with Crippen molar-refractivity contribution in [2.24, 2.45) is 5.41 Å². The number of ether oxygens (including phenoxy) is 1. The van der Waals surface area contributed by atoms with Crippen molar-refractivity contribution in [3.63, 3.8) is 0 Å². The van der Waals surface area contributed by atoms with Crippen molar-refractivity contribution in [3.05, 3.63) is 50.6 Å². The van der Waals surface area contributed by atoms with E-state index in [0.717, 1.165) is 29.5 Å². The third-order valence-electron chi connectivity index (χ3n) is 3.79. The summed E-state index contributed by atoms with van der Waals surface area (Å²) < 4.78 is 18.7. The molecule has 0 aliphatic rings. The lowest BCUT2D eigenvalue weighted by atomic mass is 9.96. The van der Waals surface area contributed by atoms with E-state index in [1.807, 2.05) is 0 Å². The second-order valence-electron chi connectivity index (χ2n) is 7.37. The zero-order chi connectivity index (χ0) is 22.6. The third-order valence-corrected chi connectivity index (χ3v) is 4.92. The fourth-order valence-electron chi connectivity index (χ4n) is 2.15. The Bertz CT molecular complexity index is 1010. The van der Waals surface area contributed by atoms with Gasteiger partial charge in [-0.2, -0.15) is 0 Å². The number of halogens is 1. The molecule has 1 aromatic heterocycles. The number of anilines is 2. The highest BCUT2D eigenvalue weighted by Crippen LogP contribution is 2.29. The number of thiophene rings is 1. The van der Waals surface area contributed by atoms with E-state index in [1.54, 1.807) is 33.8 Å². The molecule has 9 nitrogen and oxygen atoms in total. The maximum atomic E-state index is 13.7. The molecule has 0 bridgehead atoms. The Morgan fingerprint density at radius 3 is 2.47 bits per heavy atom. The number of nitro groups is 1. The number of esters is 1. The molecule has 1 aromatic carbocycles. The Balaban J connectivity index is 1.99.